The van der Waals surface area contributed by atoms with Crippen LogP contribution in [0.3, 0.4) is 0 Å². The number of hydrogen-bond acceptors (Lipinski definition) is 2. The first kappa shape index (κ1) is 15.3. The molecule has 1 aliphatic heterocycles. The normalized spacial score (nSPS) is 19.5. The highest BCUT2D eigenvalue weighted by Gasteiger charge is 2.43. The summed E-state index contributed by atoms with van der Waals surface area (Å²) in [6.45, 7) is 4.18. The number of Topliss-reactive ketones (excluding diaryl/α,β-unsaturated/α-hetero) is 1. The Morgan fingerprint density at radius 1 is 1.00 bits per heavy atom. The van der Waals surface area contributed by atoms with Gasteiger partial charge in [-0.15, -0.1) is 11.8 Å². The van der Waals surface area contributed by atoms with E-state index in [0.29, 0.717) is 0 Å². The van der Waals surface area contributed by atoms with Crippen LogP contribution in [-0.4, -0.2) is 10.4 Å². The van der Waals surface area contributed by atoms with Gasteiger partial charge in [0.05, 0.1) is 11.4 Å². The Morgan fingerprint density at radius 2 is 1.75 bits per heavy atom. The second-order valence-corrected chi connectivity index (χ2v) is 7.55. The third-order valence-electron chi connectivity index (χ3n) is 4.77. The molecule has 0 radical (unpaired) electrons. The summed E-state index contributed by atoms with van der Waals surface area (Å²) in [5.74, 6) is 0.181. The smallest absolute Gasteiger partial charge is 0.200 e. The van der Waals surface area contributed by atoms with Gasteiger partial charge in [0.25, 0.3) is 0 Å². The number of rotatable bonds is 2. The van der Waals surface area contributed by atoms with E-state index < -0.39 is 4.75 Å². The zero-order valence-electron chi connectivity index (χ0n) is 13.8. The minimum atomic E-state index is -0.587. The van der Waals surface area contributed by atoms with Crippen molar-refractivity contribution in [2.24, 2.45) is 0 Å². The summed E-state index contributed by atoms with van der Waals surface area (Å²) in [5.41, 5.74) is 4.13. The molecule has 2 heterocycles. The number of ketones is 1. The number of thioether (sulfide) groups is 1. The molecule has 0 bridgehead atoms. The van der Waals surface area contributed by atoms with Crippen LogP contribution in [0, 0.1) is 6.92 Å². The Morgan fingerprint density at radius 3 is 2.50 bits per heavy atom. The molecule has 24 heavy (non-hydrogen) atoms. The molecule has 1 aliphatic rings. The highest BCUT2D eigenvalue weighted by Crippen LogP contribution is 2.50. The van der Waals surface area contributed by atoms with E-state index in [0.717, 1.165) is 28.3 Å². The fourth-order valence-electron chi connectivity index (χ4n) is 3.41. The van der Waals surface area contributed by atoms with Crippen LogP contribution in [0.4, 0.5) is 0 Å². The van der Waals surface area contributed by atoms with Crippen LogP contribution in [0.1, 0.15) is 35.0 Å². The van der Waals surface area contributed by atoms with Crippen LogP contribution in [0.2, 0.25) is 0 Å². The number of benzene rings is 2. The number of carbonyl (C=O) groups excluding carboxylic acids is 1. The van der Waals surface area contributed by atoms with Crippen LogP contribution in [0.5, 0.6) is 0 Å². The summed E-state index contributed by atoms with van der Waals surface area (Å²) < 4.78 is 1.44. The molecule has 1 aromatic heterocycles. The molecule has 0 aliphatic carbocycles. The first-order valence-corrected chi connectivity index (χ1v) is 9.05. The minimum absolute atomic E-state index is 0.181. The maximum absolute atomic E-state index is 13.6. The van der Waals surface area contributed by atoms with E-state index in [4.69, 9.17) is 0 Å². The number of carbonyl (C=O) groups is 1. The van der Waals surface area contributed by atoms with Crippen molar-refractivity contribution in [3.63, 3.8) is 0 Å². The maximum Gasteiger partial charge on any atom is 0.200 e. The summed E-state index contributed by atoms with van der Waals surface area (Å²) >= 11 is 1.68. The number of fused-ring (bicyclic) bond motifs is 3. The van der Waals surface area contributed by atoms with Crippen LogP contribution in [-0.2, 0) is 4.75 Å². The van der Waals surface area contributed by atoms with E-state index in [1.807, 2.05) is 35.0 Å². The zero-order chi connectivity index (χ0) is 16.7. The Hall–Kier alpha value is -2.26. The van der Waals surface area contributed by atoms with Crippen molar-refractivity contribution >= 4 is 17.5 Å². The largest absolute Gasteiger partial charge is 0.313 e. The highest BCUT2D eigenvalue weighted by atomic mass is 32.2. The molecule has 120 valence electrons. The lowest BCUT2D eigenvalue weighted by Crippen LogP contribution is -2.32. The number of aryl methyl sites for hydroxylation is 1. The van der Waals surface area contributed by atoms with Gasteiger partial charge in [-0.2, -0.15) is 0 Å². The van der Waals surface area contributed by atoms with Crippen molar-refractivity contribution in [3.05, 3.63) is 83.7 Å². The lowest BCUT2D eigenvalue weighted by Gasteiger charge is -2.30. The maximum atomic E-state index is 13.6. The lowest BCUT2D eigenvalue weighted by molar-refractivity contribution is 0.0933. The summed E-state index contributed by atoms with van der Waals surface area (Å²) in [7, 11) is 0. The van der Waals surface area contributed by atoms with Crippen molar-refractivity contribution in [2.45, 2.75) is 29.9 Å². The molecule has 0 fully saturated rings. The first-order chi connectivity index (χ1) is 11.7. The van der Waals surface area contributed by atoms with Crippen molar-refractivity contribution in [1.82, 2.24) is 4.57 Å². The third kappa shape index (κ3) is 2.15. The second-order valence-electron chi connectivity index (χ2n) is 6.21. The molecule has 1 unspecified atom stereocenters. The van der Waals surface area contributed by atoms with Gasteiger partial charge in [-0.1, -0.05) is 48.9 Å². The van der Waals surface area contributed by atoms with E-state index in [-0.39, 0.29) is 5.78 Å². The van der Waals surface area contributed by atoms with Crippen molar-refractivity contribution in [2.75, 3.05) is 0 Å². The van der Waals surface area contributed by atoms with Crippen LogP contribution < -0.4 is 0 Å². The fraction of sp³-hybridized carbons (Fsp3) is 0.190. The Balaban J connectivity index is 2.00. The van der Waals surface area contributed by atoms with E-state index >= 15 is 0 Å². The number of hydrogen-bond donors (Lipinski definition) is 0. The predicted molar refractivity (Wildman–Crippen MR) is 99.1 cm³/mol. The van der Waals surface area contributed by atoms with Gasteiger partial charge < -0.3 is 4.57 Å². The molecule has 3 heteroatoms. The first-order valence-electron chi connectivity index (χ1n) is 8.23. The quantitative estimate of drug-likeness (QED) is 0.628. The summed E-state index contributed by atoms with van der Waals surface area (Å²) in [6.07, 6.45) is 2.73. The van der Waals surface area contributed by atoms with E-state index in [2.05, 4.69) is 50.2 Å². The molecule has 0 amide bonds. The van der Waals surface area contributed by atoms with Gasteiger partial charge in [0.1, 0.15) is 4.75 Å². The minimum Gasteiger partial charge on any atom is -0.313 e. The molecule has 0 saturated heterocycles. The average Bonchev–Trinajstić information content (AvgIpc) is 3.06. The van der Waals surface area contributed by atoms with Crippen molar-refractivity contribution < 1.29 is 4.79 Å². The second kappa shape index (κ2) is 5.67. The van der Waals surface area contributed by atoms with Crippen molar-refractivity contribution in [3.8, 4) is 5.69 Å². The van der Waals surface area contributed by atoms with E-state index in [1.54, 1.807) is 11.8 Å². The van der Waals surface area contributed by atoms with Gasteiger partial charge >= 0.3 is 0 Å². The summed E-state index contributed by atoms with van der Waals surface area (Å²) in [4.78, 5) is 14.7. The van der Waals surface area contributed by atoms with Gasteiger partial charge in [0, 0.05) is 11.1 Å². The topological polar surface area (TPSA) is 22.0 Å². The zero-order valence-corrected chi connectivity index (χ0v) is 14.6. The van der Waals surface area contributed by atoms with Gasteiger partial charge in [-0.05, 0) is 43.2 Å². The molecule has 2 nitrogen and oxygen atoms in total. The van der Waals surface area contributed by atoms with Gasteiger partial charge in [0.2, 0.25) is 0 Å². The fourth-order valence-corrected chi connectivity index (χ4v) is 4.80. The molecule has 2 aromatic carbocycles. The Kier molecular flexibility index (Phi) is 3.61. The van der Waals surface area contributed by atoms with Gasteiger partial charge in [-0.3, -0.25) is 4.79 Å². The van der Waals surface area contributed by atoms with Crippen molar-refractivity contribution in [1.29, 1.82) is 0 Å². The number of para-hydroxylation sites is 1. The highest BCUT2D eigenvalue weighted by molar-refractivity contribution is 8.01. The molecule has 0 saturated carbocycles. The van der Waals surface area contributed by atoms with Crippen LogP contribution in [0.25, 0.3) is 5.69 Å². The molecule has 3 aromatic rings. The summed E-state index contributed by atoms with van der Waals surface area (Å²) in [6, 6.07) is 20.5. The average molecular weight is 333 g/mol. The third-order valence-corrected chi connectivity index (χ3v) is 6.40. The van der Waals surface area contributed by atoms with Gasteiger partial charge in [-0.25, -0.2) is 0 Å². The molecular formula is C21H19NOS. The standard InChI is InChI=1S/C21H19NOS/c1-3-21(16-12-10-15(2)11-13-16)20(23)18-8-6-14-22(18)17-7-4-5-9-19(17)24-21/h4-14H,3H2,1-2H3. The van der Waals surface area contributed by atoms with E-state index in [9.17, 15) is 4.79 Å². The number of aromatic nitrogens is 1. The molecule has 0 N–H and O–H groups in total. The van der Waals surface area contributed by atoms with Crippen LogP contribution in [0.15, 0.2) is 71.8 Å². The summed E-state index contributed by atoms with van der Waals surface area (Å²) in [5, 5.41) is 0. The predicted octanol–water partition coefficient (Wildman–Crippen LogP) is 5.38. The molecule has 1 atom stereocenters. The van der Waals surface area contributed by atoms with Gasteiger partial charge in [0.15, 0.2) is 5.78 Å². The monoisotopic (exact) mass is 333 g/mol. The number of nitrogens with zero attached hydrogens (tertiary/aromatic N) is 1. The molecular weight excluding hydrogens is 314 g/mol. The Labute approximate surface area is 146 Å². The van der Waals surface area contributed by atoms with E-state index in [1.165, 1.54) is 5.56 Å². The molecule has 4 rings (SSSR count). The SMILES string of the molecule is CCC1(c2ccc(C)cc2)Sc2ccccc2-n2cccc2C1=O. The molecule has 0 spiro atoms. The Bertz CT molecular complexity index is 910. The lowest BCUT2D eigenvalue weighted by atomic mass is 9.89. The van der Waals surface area contributed by atoms with Crippen LogP contribution >= 0.6 is 11.8 Å².